The summed E-state index contributed by atoms with van der Waals surface area (Å²) in [5, 5.41) is 0. The van der Waals surface area contributed by atoms with Crippen LogP contribution in [0.4, 0.5) is 11.4 Å². The zero-order valence-electron chi connectivity index (χ0n) is 14.7. The van der Waals surface area contributed by atoms with Gasteiger partial charge in [0.25, 0.3) is 0 Å². The molecule has 0 aliphatic carbocycles. The van der Waals surface area contributed by atoms with Gasteiger partial charge in [0.15, 0.2) is 0 Å². The van der Waals surface area contributed by atoms with Crippen molar-refractivity contribution < 1.29 is 0 Å². The van der Waals surface area contributed by atoms with Gasteiger partial charge in [0.1, 0.15) is 0 Å². The van der Waals surface area contributed by atoms with Crippen molar-refractivity contribution in [1.82, 2.24) is 0 Å². The highest BCUT2D eigenvalue weighted by Crippen LogP contribution is 2.28. The molecule has 1 aliphatic rings. The maximum Gasteiger partial charge on any atom is 0.0366 e. The minimum absolute atomic E-state index is 1.18. The van der Waals surface area contributed by atoms with Crippen LogP contribution in [0.5, 0.6) is 0 Å². The van der Waals surface area contributed by atoms with E-state index in [1.165, 1.54) is 54.0 Å². The number of rotatable bonds is 5. The Bertz CT molecular complexity index is 703. The summed E-state index contributed by atoms with van der Waals surface area (Å²) in [7, 11) is 4.12. The molecule has 0 radical (unpaired) electrons. The number of hydrogen-bond acceptors (Lipinski definition) is 2. The van der Waals surface area contributed by atoms with Gasteiger partial charge in [-0.1, -0.05) is 43.0 Å². The summed E-state index contributed by atoms with van der Waals surface area (Å²) in [4.78, 5) is 4.58. The van der Waals surface area contributed by atoms with Crippen molar-refractivity contribution in [3.05, 3.63) is 78.4 Å². The van der Waals surface area contributed by atoms with Gasteiger partial charge in [0.05, 0.1) is 0 Å². The summed E-state index contributed by atoms with van der Waals surface area (Å²) in [6.07, 6.45) is 6.57. The maximum atomic E-state index is 3.89. The number of nitrogens with zero attached hydrogens (tertiary/aromatic N) is 2. The normalized spacial score (nSPS) is 14.8. The topological polar surface area (TPSA) is 6.48 Å². The summed E-state index contributed by atoms with van der Waals surface area (Å²) < 4.78 is 0. The summed E-state index contributed by atoms with van der Waals surface area (Å²) in [6, 6.07) is 17.6. The van der Waals surface area contributed by atoms with E-state index in [2.05, 4.69) is 85.1 Å². The molecule has 0 amide bonds. The van der Waals surface area contributed by atoms with E-state index < -0.39 is 0 Å². The third-order valence-electron chi connectivity index (χ3n) is 4.63. The van der Waals surface area contributed by atoms with E-state index in [0.29, 0.717) is 0 Å². The van der Waals surface area contributed by atoms with Crippen LogP contribution >= 0.6 is 0 Å². The lowest BCUT2D eigenvalue weighted by Crippen LogP contribution is -2.17. The van der Waals surface area contributed by atoms with E-state index in [0.717, 1.165) is 0 Å². The average molecular weight is 318 g/mol. The molecule has 24 heavy (non-hydrogen) atoms. The number of anilines is 2. The third kappa shape index (κ3) is 3.53. The molecule has 2 aromatic rings. The molecule has 0 aromatic heterocycles. The first-order valence-corrected chi connectivity index (χ1v) is 8.65. The monoisotopic (exact) mass is 318 g/mol. The molecule has 1 aliphatic heterocycles. The molecule has 1 heterocycles. The second-order valence-electron chi connectivity index (χ2n) is 6.50. The predicted molar refractivity (Wildman–Crippen MR) is 106 cm³/mol. The van der Waals surface area contributed by atoms with Gasteiger partial charge >= 0.3 is 0 Å². The van der Waals surface area contributed by atoms with Crippen LogP contribution in [0.25, 0.3) is 5.57 Å². The zero-order chi connectivity index (χ0) is 16.9. The molecule has 0 N–H and O–H groups in total. The molecule has 0 saturated carbocycles. The van der Waals surface area contributed by atoms with Gasteiger partial charge in [-0.3, -0.25) is 0 Å². The van der Waals surface area contributed by atoms with Crippen LogP contribution in [0.1, 0.15) is 24.0 Å². The Labute approximate surface area is 145 Å². The highest BCUT2D eigenvalue weighted by atomic mass is 15.1. The Hall–Kier alpha value is -2.48. The van der Waals surface area contributed by atoms with Crippen molar-refractivity contribution in [2.45, 2.75) is 12.8 Å². The van der Waals surface area contributed by atoms with E-state index in [1.807, 2.05) is 6.08 Å². The van der Waals surface area contributed by atoms with Gasteiger partial charge in [-0.2, -0.15) is 0 Å². The van der Waals surface area contributed by atoms with Gasteiger partial charge in [0.2, 0.25) is 0 Å². The molecular formula is C22H26N2. The number of allylic oxidation sites excluding steroid dienone is 2. The van der Waals surface area contributed by atoms with Gasteiger partial charge in [-0.25, -0.2) is 0 Å². The van der Waals surface area contributed by atoms with Crippen LogP contribution in [0.3, 0.4) is 0 Å². The third-order valence-corrected chi connectivity index (χ3v) is 4.63. The molecule has 3 rings (SSSR count). The van der Waals surface area contributed by atoms with E-state index in [4.69, 9.17) is 0 Å². The van der Waals surface area contributed by atoms with Gasteiger partial charge in [-0.15, -0.1) is 0 Å². The molecule has 0 atom stereocenters. The zero-order valence-corrected chi connectivity index (χ0v) is 14.7. The minimum Gasteiger partial charge on any atom is -0.378 e. The summed E-state index contributed by atoms with van der Waals surface area (Å²) in [5.41, 5.74) is 6.20. The molecule has 0 unspecified atom stereocenters. The Morgan fingerprint density at radius 2 is 1.46 bits per heavy atom. The van der Waals surface area contributed by atoms with Crippen molar-refractivity contribution in [2.24, 2.45) is 0 Å². The van der Waals surface area contributed by atoms with Crippen LogP contribution in [-0.2, 0) is 0 Å². The quantitative estimate of drug-likeness (QED) is 0.718. The molecule has 2 heteroatoms. The van der Waals surface area contributed by atoms with Crippen molar-refractivity contribution in [3.8, 4) is 0 Å². The standard InChI is InChI=1S/C22H26N2/c1-4-7-22(18-8-12-20(13-9-18)23(2)3)19-10-14-21(15-11-19)24-16-5-6-17-24/h4,7-15H,1,5-6,16-17H2,2-3H3. The van der Waals surface area contributed by atoms with Crippen LogP contribution in [0.2, 0.25) is 0 Å². The van der Waals surface area contributed by atoms with Crippen molar-refractivity contribution >= 4 is 16.9 Å². The van der Waals surface area contributed by atoms with Crippen LogP contribution < -0.4 is 9.80 Å². The summed E-state index contributed by atoms with van der Waals surface area (Å²) in [6.45, 7) is 6.25. The van der Waals surface area contributed by atoms with Gasteiger partial charge in [-0.05, 0) is 53.8 Å². The second-order valence-corrected chi connectivity index (χ2v) is 6.50. The lowest BCUT2D eigenvalue weighted by Gasteiger charge is -2.18. The fraction of sp³-hybridized carbons (Fsp3) is 0.273. The Balaban J connectivity index is 1.87. The van der Waals surface area contributed by atoms with Crippen LogP contribution in [-0.4, -0.2) is 27.2 Å². The van der Waals surface area contributed by atoms with Crippen molar-refractivity contribution in [3.63, 3.8) is 0 Å². The predicted octanol–water partition coefficient (Wildman–Crippen LogP) is 4.97. The molecule has 124 valence electrons. The van der Waals surface area contributed by atoms with Crippen LogP contribution in [0.15, 0.2) is 67.3 Å². The molecule has 2 nitrogen and oxygen atoms in total. The van der Waals surface area contributed by atoms with Crippen molar-refractivity contribution in [1.29, 1.82) is 0 Å². The van der Waals surface area contributed by atoms with Crippen molar-refractivity contribution in [2.75, 3.05) is 37.0 Å². The largest absolute Gasteiger partial charge is 0.378 e. The summed E-state index contributed by atoms with van der Waals surface area (Å²) >= 11 is 0. The SMILES string of the molecule is C=CC=C(c1ccc(N(C)C)cc1)c1ccc(N2CCCC2)cc1. The lowest BCUT2D eigenvalue weighted by molar-refractivity contribution is 0.949. The first-order valence-electron chi connectivity index (χ1n) is 8.65. The highest BCUT2D eigenvalue weighted by molar-refractivity contribution is 5.82. The highest BCUT2D eigenvalue weighted by Gasteiger charge is 2.12. The maximum absolute atomic E-state index is 3.89. The number of hydrogen-bond donors (Lipinski definition) is 0. The second kappa shape index (κ2) is 7.39. The van der Waals surface area contributed by atoms with E-state index in [1.54, 1.807) is 0 Å². The Morgan fingerprint density at radius 1 is 0.917 bits per heavy atom. The molecule has 1 fully saturated rings. The lowest BCUT2D eigenvalue weighted by atomic mass is 9.97. The minimum atomic E-state index is 1.18. The number of benzene rings is 2. The summed E-state index contributed by atoms with van der Waals surface area (Å²) in [5.74, 6) is 0. The smallest absolute Gasteiger partial charge is 0.0366 e. The first-order chi connectivity index (χ1) is 11.7. The molecule has 2 aromatic carbocycles. The van der Waals surface area contributed by atoms with E-state index in [-0.39, 0.29) is 0 Å². The fourth-order valence-electron chi connectivity index (χ4n) is 3.24. The molecule has 1 saturated heterocycles. The Morgan fingerprint density at radius 3 is 1.96 bits per heavy atom. The van der Waals surface area contributed by atoms with Crippen LogP contribution in [0, 0.1) is 0 Å². The fourth-order valence-corrected chi connectivity index (χ4v) is 3.24. The van der Waals surface area contributed by atoms with E-state index >= 15 is 0 Å². The Kier molecular flexibility index (Phi) is 5.05. The molecule has 0 bridgehead atoms. The molecular weight excluding hydrogens is 292 g/mol. The molecule has 0 spiro atoms. The first kappa shape index (κ1) is 16.4. The average Bonchev–Trinajstić information content (AvgIpc) is 3.15. The van der Waals surface area contributed by atoms with Gasteiger partial charge < -0.3 is 9.80 Å². The van der Waals surface area contributed by atoms with E-state index in [9.17, 15) is 0 Å². The van der Waals surface area contributed by atoms with Gasteiger partial charge in [0, 0.05) is 38.6 Å².